The van der Waals surface area contributed by atoms with E-state index in [1.165, 1.54) is 0 Å². The maximum Gasteiger partial charge on any atom is 0.244 e. The van der Waals surface area contributed by atoms with Crippen LogP contribution in [0.1, 0.15) is 24.8 Å². The van der Waals surface area contributed by atoms with Crippen molar-refractivity contribution in [3.63, 3.8) is 0 Å². The van der Waals surface area contributed by atoms with Gasteiger partial charge < -0.3 is 10.4 Å². The smallest absolute Gasteiger partial charge is 0.244 e. The summed E-state index contributed by atoms with van der Waals surface area (Å²) >= 11 is 0. The Bertz CT molecular complexity index is 487. The third-order valence-electron chi connectivity index (χ3n) is 3.21. The molecular weight excluding hydrogens is 228 g/mol. The van der Waals surface area contributed by atoms with Crippen LogP contribution in [-0.4, -0.2) is 17.6 Å². The maximum atomic E-state index is 11.9. The summed E-state index contributed by atoms with van der Waals surface area (Å²) in [6.45, 7) is 0.161. The molecule has 2 rings (SSSR count). The van der Waals surface area contributed by atoms with Crippen LogP contribution in [0.3, 0.4) is 0 Å². The van der Waals surface area contributed by atoms with Crippen LogP contribution >= 0.6 is 0 Å². The van der Waals surface area contributed by atoms with Crippen LogP contribution in [0.5, 0.6) is 0 Å². The quantitative estimate of drug-likeness (QED) is 0.830. The van der Waals surface area contributed by atoms with E-state index in [1.54, 1.807) is 0 Å². The lowest BCUT2D eigenvalue weighted by Gasteiger charge is -2.09. The Kier molecular flexibility index (Phi) is 3.63. The molecular formula is C14H16N2O2. The van der Waals surface area contributed by atoms with Crippen LogP contribution in [0.15, 0.2) is 24.3 Å². The normalized spacial score (nSPS) is 15.8. The van der Waals surface area contributed by atoms with Crippen molar-refractivity contribution in [3.8, 4) is 6.07 Å². The van der Waals surface area contributed by atoms with Crippen molar-refractivity contribution in [2.24, 2.45) is 5.41 Å². The van der Waals surface area contributed by atoms with Crippen molar-refractivity contribution in [2.75, 3.05) is 11.9 Å². The maximum absolute atomic E-state index is 11.9. The highest BCUT2D eigenvalue weighted by Gasteiger charge is 2.50. The number of amides is 1. The Labute approximate surface area is 106 Å². The SMILES string of the molecule is N#CC1(C(=O)Nc2cccc(CCCO)c2)CC1. The van der Waals surface area contributed by atoms with Gasteiger partial charge in [0.25, 0.3) is 0 Å². The van der Waals surface area contributed by atoms with E-state index in [4.69, 9.17) is 10.4 Å². The summed E-state index contributed by atoms with van der Waals surface area (Å²) in [6, 6.07) is 9.61. The van der Waals surface area contributed by atoms with Gasteiger partial charge in [-0.1, -0.05) is 12.1 Å². The minimum atomic E-state index is -0.791. The highest BCUT2D eigenvalue weighted by atomic mass is 16.2. The zero-order valence-corrected chi connectivity index (χ0v) is 10.1. The van der Waals surface area contributed by atoms with Gasteiger partial charge in [-0.15, -0.1) is 0 Å². The van der Waals surface area contributed by atoms with E-state index in [-0.39, 0.29) is 12.5 Å². The molecule has 0 aromatic heterocycles. The van der Waals surface area contributed by atoms with E-state index in [0.29, 0.717) is 19.3 Å². The molecule has 1 saturated carbocycles. The van der Waals surface area contributed by atoms with Crippen molar-refractivity contribution >= 4 is 11.6 Å². The number of carbonyl (C=O) groups excluding carboxylic acids is 1. The van der Waals surface area contributed by atoms with Crippen molar-refractivity contribution in [1.82, 2.24) is 0 Å². The summed E-state index contributed by atoms with van der Waals surface area (Å²) in [7, 11) is 0. The van der Waals surface area contributed by atoms with Gasteiger partial charge in [-0.05, 0) is 43.4 Å². The molecule has 0 saturated heterocycles. The molecule has 4 heteroatoms. The number of aryl methyl sites for hydroxylation is 1. The molecule has 1 amide bonds. The number of nitrogens with zero attached hydrogens (tertiary/aromatic N) is 1. The summed E-state index contributed by atoms with van der Waals surface area (Å²) in [4.78, 5) is 11.9. The standard InChI is InChI=1S/C14H16N2O2/c15-10-14(6-7-14)13(18)16-12-5-1-3-11(9-12)4-2-8-17/h1,3,5,9,17H,2,4,6-8H2,(H,16,18). The van der Waals surface area contributed by atoms with Crippen LogP contribution in [0.25, 0.3) is 0 Å². The second-order valence-electron chi connectivity index (χ2n) is 4.68. The van der Waals surface area contributed by atoms with Crippen molar-refractivity contribution in [2.45, 2.75) is 25.7 Å². The fraction of sp³-hybridized carbons (Fsp3) is 0.429. The average Bonchev–Trinajstić information content (AvgIpc) is 3.18. The first-order valence-corrected chi connectivity index (χ1v) is 6.13. The number of hydrogen-bond donors (Lipinski definition) is 2. The summed E-state index contributed by atoms with van der Waals surface area (Å²) in [5, 5.41) is 20.5. The highest BCUT2D eigenvalue weighted by Crippen LogP contribution is 2.45. The fourth-order valence-corrected chi connectivity index (χ4v) is 1.85. The summed E-state index contributed by atoms with van der Waals surface area (Å²) < 4.78 is 0. The second kappa shape index (κ2) is 5.19. The Morgan fingerprint density at radius 1 is 1.50 bits per heavy atom. The Hall–Kier alpha value is -1.86. The molecule has 0 atom stereocenters. The molecule has 0 bridgehead atoms. The van der Waals surface area contributed by atoms with Gasteiger partial charge in [-0.3, -0.25) is 4.79 Å². The predicted molar refractivity (Wildman–Crippen MR) is 67.8 cm³/mol. The number of anilines is 1. The van der Waals surface area contributed by atoms with Gasteiger partial charge in [0, 0.05) is 12.3 Å². The van der Waals surface area contributed by atoms with Crippen molar-refractivity contribution in [1.29, 1.82) is 5.26 Å². The molecule has 0 heterocycles. The zero-order valence-electron chi connectivity index (χ0n) is 10.1. The van der Waals surface area contributed by atoms with Gasteiger partial charge in [0.1, 0.15) is 5.41 Å². The summed E-state index contributed by atoms with van der Waals surface area (Å²) in [5.41, 5.74) is 1.00. The molecule has 2 N–H and O–H groups in total. The van der Waals surface area contributed by atoms with E-state index in [0.717, 1.165) is 17.7 Å². The first-order valence-electron chi connectivity index (χ1n) is 6.13. The molecule has 1 aliphatic carbocycles. The minimum Gasteiger partial charge on any atom is -0.396 e. The van der Waals surface area contributed by atoms with E-state index in [1.807, 2.05) is 24.3 Å². The van der Waals surface area contributed by atoms with Crippen molar-refractivity contribution < 1.29 is 9.90 Å². The molecule has 1 aromatic carbocycles. The number of nitriles is 1. The van der Waals surface area contributed by atoms with E-state index >= 15 is 0 Å². The Morgan fingerprint density at radius 3 is 2.89 bits per heavy atom. The van der Waals surface area contributed by atoms with E-state index in [2.05, 4.69) is 11.4 Å². The van der Waals surface area contributed by atoms with Crippen LogP contribution in [0, 0.1) is 16.7 Å². The summed E-state index contributed by atoms with van der Waals surface area (Å²) in [5.74, 6) is -0.204. The zero-order chi connectivity index (χ0) is 13.0. The lowest BCUT2D eigenvalue weighted by molar-refractivity contribution is -0.119. The lowest BCUT2D eigenvalue weighted by Crippen LogP contribution is -2.22. The van der Waals surface area contributed by atoms with Gasteiger partial charge in [-0.2, -0.15) is 5.26 Å². The van der Waals surface area contributed by atoms with Gasteiger partial charge in [0.2, 0.25) is 5.91 Å². The molecule has 1 fully saturated rings. The van der Waals surface area contributed by atoms with Gasteiger partial charge in [-0.25, -0.2) is 0 Å². The van der Waals surface area contributed by atoms with E-state index < -0.39 is 5.41 Å². The minimum absolute atomic E-state index is 0.161. The average molecular weight is 244 g/mol. The van der Waals surface area contributed by atoms with Crippen LogP contribution in [0.2, 0.25) is 0 Å². The number of hydrogen-bond acceptors (Lipinski definition) is 3. The number of aliphatic hydroxyl groups excluding tert-OH is 1. The van der Waals surface area contributed by atoms with Gasteiger partial charge in [0.05, 0.1) is 6.07 Å². The van der Waals surface area contributed by atoms with E-state index in [9.17, 15) is 4.79 Å². The van der Waals surface area contributed by atoms with Crippen LogP contribution < -0.4 is 5.32 Å². The fourth-order valence-electron chi connectivity index (χ4n) is 1.85. The first-order chi connectivity index (χ1) is 8.70. The van der Waals surface area contributed by atoms with Crippen LogP contribution in [0.4, 0.5) is 5.69 Å². The number of carbonyl (C=O) groups is 1. The third kappa shape index (κ3) is 2.69. The molecule has 0 radical (unpaired) electrons. The summed E-state index contributed by atoms with van der Waals surface area (Å²) in [6.07, 6.45) is 2.79. The largest absolute Gasteiger partial charge is 0.396 e. The molecule has 1 aromatic rings. The van der Waals surface area contributed by atoms with Crippen molar-refractivity contribution in [3.05, 3.63) is 29.8 Å². The highest BCUT2D eigenvalue weighted by molar-refractivity contribution is 5.99. The van der Waals surface area contributed by atoms with Gasteiger partial charge in [0.15, 0.2) is 0 Å². The lowest BCUT2D eigenvalue weighted by atomic mass is 10.1. The molecule has 0 unspecified atom stereocenters. The van der Waals surface area contributed by atoms with Crippen LogP contribution in [-0.2, 0) is 11.2 Å². The molecule has 94 valence electrons. The molecule has 0 spiro atoms. The number of nitrogens with one attached hydrogen (secondary N) is 1. The monoisotopic (exact) mass is 244 g/mol. The Morgan fingerprint density at radius 2 is 2.28 bits per heavy atom. The molecule has 18 heavy (non-hydrogen) atoms. The molecule has 1 aliphatic rings. The van der Waals surface area contributed by atoms with Gasteiger partial charge >= 0.3 is 0 Å². The third-order valence-corrected chi connectivity index (χ3v) is 3.21. The first kappa shape index (κ1) is 12.6. The molecule has 4 nitrogen and oxygen atoms in total. The second-order valence-corrected chi connectivity index (χ2v) is 4.68. The number of benzene rings is 1. The molecule has 0 aliphatic heterocycles. The number of rotatable bonds is 5. The number of aliphatic hydroxyl groups is 1. The Balaban J connectivity index is 2.01. The predicted octanol–water partition coefficient (Wildman–Crippen LogP) is 1.85. The topological polar surface area (TPSA) is 73.1 Å².